The minimum Gasteiger partial charge on any atom is -0.385 e. The van der Waals surface area contributed by atoms with Crippen LogP contribution in [0.5, 0.6) is 0 Å². The molecule has 0 spiro atoms. The van der Waals surface area contributed by atoms with E-state index < -0.39 is 5.60 Å². The molecule has 2 rings (SSSR count). The molecule has 0 radical (unpaired) electrons. The zero-order chi connectivity index (χ0) is 11.9. The Morgan fingerprint density at radius 1 is 1.50 bits per heavy atom. The molecule has 0 bridgehead atoms. The molecule has 1 N–H and O–H groups in total. The van der Waals surface area contributed by atoms with Crippen molar-refractivity contribution in [1.29, 1.82) is 0 Å². The van der Waals surface area contributed by atoms with E-state index in [0.717, 1.165) is 0 Å². The highest BCUT2D eigenvalue weighted by molar-refractivity contribution is 6.03. The SMILES string of the molecule is CC1CC(=O)N(CC2(O)CCOC2C)C1=O. The Morgan fingerprint density at radius 3 is 2.62 bits per heavy atom. The number of carbonyl (C=O) groups is 2. The molecule has 2 heterocycles. The Labute approximate surface area is 94.4 Å². The number of nitrogens with zero attached hydrogens (tertiary/aromatic N) is 1. The monoisotopic (exact) mass is 227 g/mol. The van der Waals surface area contributed by atoms with Crippen LogP contribution in [0, 0.1) is 5.92 Å². The first-order valence-corrected chi connectivity index (χ1v) is 5.62. The predicted octanol–water partition coefficient (Wildman–Crippen LogP) is -0.0787. The molecule has 2 saturated heterocycles. The molecule has 3 unspecified atom stereocenters. The summed E-state index contributed by atoms with van der Waals surface area (Å²) in [6.07, 6.45) is 0.396. The number of aliphatic hydroxyl groups is 1. The molecule has 0 aromatic carbocycles. The number of carbonyl (C=O) groups excluding carboxylic acids is 2. The maximum absolute atomic E-state index is 11.7. The molecule has 3 atom stereocenters. The Morgan fingerprint density at radius 2 is 2.19 bits per heavy atom. The van der Waals surface area contributed by atoms with Crippen molar-refractivity contribution < 1.29 is 19.4 Å². The van der Waals surface area contributed by atoms with Gasteiger partial charge in [-0.3, -0.25) is 14.5 Å². The van der Waals surface area contributed by atoms with Gasteiger partial charge >= 0.3 is 0 Å². The normalized spacial score (nSPS) is 39.8. The van der Waals surface area contributed by atoms with E-state index in [2.05, 4.69) is 0 Å². The summed E-state index contributed by atoms with van der Waals surface area (Å²) in [5.41, 5.74) is -1.07. The van der Waals surface area contributed by atoms with Crippen LogP contribution >= 0.6 is 0 Å². The van der Waals surface area contributed by atoms with Gasteiger partial charge in [0.2, 0.25) is 11.8 Å². The standard InChI is InChI=1S/C11H17NO4/c1-7-5-9(13)12(10(7)14)6-11(15)3-4-16-8(11)2/h7-8,15H,3-6H2,1-2H3. The molecule has 16 heavy (non-hydrogen) atoms. The fourth-order valence-corrected chi connectivity index (χ4v) is 2.27. The van der Waals surface area contributed by atoms with Gasteiger partial charge in [0.05, 0.1) is 12.6 Å². The third-order valence-electron chi connectivity index (χ3n) is 3.56. The van der Waals surface area contributed by atoms with Crippen LogP contribution in [0.25, 0.3) is 0 Å². The van der Waals surface area contributed by atoms with E-state index >= 15 is 0 Å². The molecule has 2 fully saturated rings. The molecular weight excluding hydrogens is 210 g/mol. The van der Waals surface area contributed by atoms with E-state index in [1.165, 1.54) is 4.90 Å². The van der Waals surface area contributed by atoms with Gasteiger partial charge in [0.1, 0.15) is 5.60 Å². The molecular formula is C11H17NO4. The summed E-state index contributed by atoms with van der Waals surface area (Å²) in [6.45, 7) is 4.04. The lowest BCUT2D eigenvalue weighted by Crippen LogP contribution is -2.49. The summed E-state index contributed by atoms with van der Waals surface area (Å²) < 4.78 is 5.28. The number of amides is 2. The second-order valence-electron chi connectivity index (χ2n) is 4.79. The van der Waals surface area contributed by atoms with Gasteiger partial charge in [-0.25, -0.2) is 0 Å². The maximum atomic E-state index is 11.7. The van der Waals surface area contributed by atoms with Crippen LogP contribution < -0.4 is 0 Å². The van der Waals surface area contributed by atoms with Crippen molar-refractivity contribution in [1.82, 2.24) is 4.90 Å². The highest BCUT2D eigenvalue weighted by Gasteiger charge is 2.46. The lowest BCUT2D eigenvalue weighted by Gasteiger charge is -2.30. The van der Waals surface area contributed by atoms with Crippen molar-refractivity contribution in [3.8, 4) is 0 Å². The van der Waals surface area contributed by atoms with Gasteiger partial charge in [-0.2, -0.15) is 0 Å². The molecule has 0 aliphatic carbocycles. The quantitative estimate of drug-likeness (QED) is 0.670. The van der Waals surface area contributed by atoms with Gasteiger partial charge in [-0.05, 0) is 6.92 Å². The summed E-state index contributed by atoms with van der Waals surface area (Å²) in [6, 6.07) is 0. The minimum absolute atomic E-state index is 0.0656. The average molecular weight is 227 g/mol. The first-order chi connectivity index (χ1) is 7.44. The molecule has 0 aromatic rings. The van der Waals surface area contributed by atoms with E-state index in [0.29, 0.717) is 13.0 Å². The number of hydrogen-bond donors (Lipinski definition) is 1. The first-order valence-electron chi connectivity index (χ1n) is 5.62. The summed E-state index contributed by atoms with van der Waals surface area (Å²) in [7, 11) is 0. The number of β-amino-alcohol motifs (C(OH)–C–C–N with tert-alkyl or cyclic N) is 1. The van der Waals surface area contributed by atoms with Crippen LogP contribution in [0.4, 0.5) is 0 Å². The summed E-state index contributed by atoms with van der Waals surface area (Å²) in [4.78, 5) is 24.5. The van der Waals surface area contributed by atoms with Crippen molar-refractivity contribution in [2.45, 2.75) is 38.4 Å². The summed E-state index contributed by atoms with van der Waals surface area (Å²) >= 11 is 0. The fraction of sp³-hybridized carbons (Fsp3) is 0.818. The number of imide groups is 1. The average Bonchev–Trinajstić information content (AvgIpc) is 2.64. The van der Waals surface area contributed by atoms with Crippen LogP contribution in [0.3, 0.4) is 0 Å². The van der Waals surface area contributed by atoms with Crippen molar-refractivity contribution in [2.24, 2.45) is 5.92 Å². The van der Waals surface area contributed by atoms with Gasteiger partial charge in [0.15, 0.2) is 0 Å². The number of hydrogen-bond acceptors (Lipinski definition) is 4. The van der Waals surface area contributed by atoms with Crippen molar-refractivity contribution in [3.05, 3.63) is 0 Å². The van der Waals surface area contributed by atoms with E-state index in [9.17, 15) is 14.7 Å². The largest absolute Gasteiger partial charge is 0.385 e. The van der Waals surface area contributed by atoms with E-state index in [1.54, 1.807) is 13.8 Å². The zero-order valence-electron chi connectivity index (χ0n) is 9.60. The third-order valence-corrected chi connectivity index (χ3v) is 3.56. The Kier molecular flexibility index (Phi) is 2.75. The Hall–Kier alpha value is -0.940. The highest BCUT2D eigenvalue weighted by Crippen LogP contribution is 2.29. The van der Waals surface area contributed by atoms with E-state index in [4.69, 9.17) is 4.74 Å². The van der Waals surface area contributed by atoms with Crippen LogP contribution in [-0.2, 0) is 14.3 Å². The number of rotatable bonds is 2. The van der Waals surface area contributed by atoms with Crippen molar-refractivity contribution >= 4 is 11.8 Å². The maximum Gasteiger partial charge on any atom is 0.232 e. The molecule has 5 nitrogen and oxygen atoms in total. The molecule has 2 amide bonds. The molecule has 2 aliphatic heterocycles. The number of likely N-dealkylation sites (tertiary alicyclic amines) is 1. The van der Waals surface area contributed by atoms with Gasteiger partial charge in [0, 0.05) is 25.4 Å². The molecule has 2 aliphatic rings. The molecule has 90 valence electrons. The van der Waals surface area contributed by atoms with Crippen LogP contribution in [-0.4, -0.2) is 46.7 Å². The molecule has 5 heteroatoms. The Balaban J connectivity index is 2.10. The second-order valence-corrected chi connectivity index (χ2v) is 4.79. The minimum atomic E-state index is -1.07. The predicted molar refractivity (Wildman–Crippen MR) is 55.5 cm³/mol. The Bertz CT molecular complexity index is 330. The van der Waals surface area contributed by atoms with Gasteiger partial charge in [-0.15, -0.1) is 0 Å². The lowest BCUT2D eigenvalue weighted by atomic mass is 9.96. The lowest BCUT2D eigenvalue weighted by molar-refractivity contribution is -0.144. The fourth-order valence-electron chi connectivity index (χ4n) is 2.27. The van der Waals surface area contributed by atoms with Gasteiger partial charge in [-0.1, -0.05) is 6.92 Å². The summed E-state index contributed by atoms with van der Waals surface area (Å²) in [5.74, 6) is -0.628. The smallest absolute Gasteiger partial charge is 0.232 e. The zero-order valence-corrected chi connectivity index (χ0v) is 9.60. The van der Waals surface area contributed by atoms with Crippen molar-refractivity contribution in [2.75, 3.05) is 13.2 Å². The van der Waals surface area contributed by atoms with E-state index in [1.807, 2.05) is 0 Å². The van der Waals surface area contributed by atoms with E-state index in [-0.39, 0.29) is 36.8 Å². The molecule has 0 saturated carbocycles. The highest BCUT2D eigenvalue weighted by atomic mass is 16.5. The first kappa shape index (κ1) is 11.5. The van der Waals surface area contributed by atoms with Crippen LogP contribution in [0.2, 0.25) is 0 Å². The van der Waals surface area contributed by atoms with Crippen molar-refractivity contribution in [3.63, 3.8) is 0 Å². The van der Waals surface area contributed by atoms with Gasteiger partial charge in [0.25, 0.3) is 0 Å². The summed E-state index contributed by atoms with van der Waals surface area (Å²) in [5, 5.41) is 10.3. The second kappa shape index (κ2) is 3.82. The van der Waals surface area contributed by atoms with Gasteiger partial charge < -0.3 is 9.84 Å². The topological polar surface area (TPSA) is 66.8 Å². The third kappa shape index (κ3) is 1.74. The van der Waals surface area contributed by atoms with Crippen LogP contribution in [0.1, 0.15) is 26.7 Å². The number of ether oxygens (including phenoxy) is 1. The van der Waals surface area contributed by atoms with Crippen LogP contribution in [0.15, 0.2) is 0 Å². The molecule has 0 aromatic heterocycles.